The Bertz CT molecular complexity index is 676. The van der Waals surface area contributed by atoms with E-state index < -0.39 is 5.54 Å². The molecule has 1 aromatic heterocycles. The minimum absolute atomic E-state index is 0.0289. The summed E-state index contributed by atoms with van der Waals surface area (Å²) in [6, 6.07) is 11.6. The van der Waals surface area contributed by atoms with Gasteiger partial charge in [-0.05, 0) is 61.6 Å². The number of aromatic nitrogens is 1. The summed E-state index contributed by atoms with van der Waals surface area (Å²) in [5.74, 6) is 0.475. The van der Waals surface area contributed by atoms with Crippen molar-refractivity contribution < 1.29 is 9.90 Å². The molecule has 0 radical (unpaired) electrons. The van der Waals surface area contributed by atoms with E-state index in [-0.39, 0.29) is 12.5 Å². The molecule has 0 bridgehead atoms. The molecular formula is C20H26N2O2. The summed E-state index contributed by atoms with van der Waals surface area (Å²) in [5.41, 5.74) is 1.33. The zero-order valence-corrected chi connectivity index (χ0v) is 14.5. The monoisotopic (exact) mass is 326 g/mol. The fraction of sp³-hybridized carbons (Fsp3) is 0.450. The van der Waals surface area contributed by atoms with Crippen molar-refractivity contribution >= 4 is 5.91 Å². The minimum Gasteiger partial charge on any atom is -0.394 e. The number of carbonyl (C=O) groups excluding carboxylic acids is 1. The van der Waals surface area contributed by atoms with Gasteiger partial charge in [0.2, 0.25) is 0 Å². The first kappa shape index (κ1) is 16.8. The molecule has 0 unspecified atom stereocenters. The molecule has 2 heterocycles. The number of amides is 1. The van der Waals surface area contributed by atoms with Gasteiger partial charge in [0.25, 0.3) is 5.91 Å². The van der Waals surface area contributed by atoms with Crippen LogP contribution in [0.3, 0.4) is 0 Å². The van der Waals surface area contributed by atoms with Crippen LogP contribution in [0.15, 0.2) is 48.8 Å². The first-order valence-corrected chi connectivity index (χ1v) is 8.72. The van der Waals surface area contributed by atoms with Crippen LogP contribution in [0, 0.1) is 5.92 Å². The van der Waals surface area contributed by atoms with Crippen molar-refractivity contribution in [3.63, 3.8) is 0 Å². The molecule has 1 fully saturated rings. The zero-order chi connectivity index (χ0) is 17.2. The van der Waals surface area contributed by atoms with Gasteiger partial charge in [0.1, 0.15) is 0 Å². The minimum atomic E-state index is -0.398. The van der Waals surface area contributed by atoms with Crippen molar-refractivity contribution in [1.29, 1.82) is 0 Å². The lowest BCUT2D eigenvalue weighted by molar-refractivity contribution is 0.0332. The van der Waals surface area contributed by atoms with Crippen LogP contribution in [-0.4, -0.2) is 39.2 Å². The summed E-state index contributed by atoms with van der Waals surface area (Å²) in [7, 11) is 0. The summed E-state index contributed by atoms with van der Waals surface area (Å²) in [4.78, 5) is 14.9. The maximum atomic E-state index is 13.0. The van der Waals surface area contributed by atoms with Crippen LogP contribution in [0.25, 0.3) is 5.69 Å². The van der Waals surface area contributed by atoms with Crippen molar-refractivity contribution in [2.24, 2.45) is 5.92 Å². The molecule has 0 aliphatic carbocycles. The molecule has 1 atom stereocenters. The van der Waals surface area contributed by atoms with E-state index in [1.807, 2.05) is 58.3 Å². The van der Waals surface area contributed by atoms with Crippen LogP contribution < -0.4 is 0 Å². The van der Waals surface area contributed by atoms with Gasteiger partial charge in [0.05, 0.1) is 12.1 Å². The van der Waals surface area contributed by atoms with Crippen molar-refractivity contribution in [1.82, 2.24) is 9.47 Å². The molecule has 1 amide bonds. The predicted octanol–water partition coefficient (Wildman–Crippen LogP) is 3.49. The van der Waals surface area contributed by atoms with Gasteiger partial charge in [0.15, 0.2) is 0 Å². The summed E-state index contributed by atoms with van der Waals surface area (Å²) in [6.45, 7) is 5.05. The molecule has 0 saturated carbocycles. The first-order chi connectivity index (χ1) is 11.6. The maximum absolute atomic E-state index is 13.0. The quantitative estimate of drug-likeness (QED) is 0.914. The van der Waals surface area contributed by atoms with Crippen LogP contribution in [0.5, 0.6) is 0 Å². The molecule has 0 spiro atoms. The molecular weight excluding hydrogens is 300 g/mol. The number of carbonyl (C=O) groups is 1. The number of aliphatic hydroxyl groups is 1. The number of nitrogens with zero attached hydrogens (tertiary/aromatic N) is 2. The lowest BCUT2D eigenvalue weighted by Gasteiger charge is -2.38. The van der Waals surface area contributed by atoms with Gasteiger partial charge in [-0.25, -0.2) is 0 Å². The summed E-state index contributed by atoms with van der Waals surface area (Å²) in [6.07, 6.45) is 6.65. The number of aliphatic hydroxyl groups excluding tert-OH is 1. The molecule has 4 nitrogen and oxygen atoms in total. The van der Waals surface area contributed by atoms with Crippen molar-refractivity contribution in [2.75, 3.05) is 13.2 Å². The van der Waals surface area contributed by atoms with Crippen LogP contribution in [-0.2, 0) is 0 Å². The van der Waals surface area contributed by atoms with Gasteiger partial charge >= 0.3 is 0 Å². The highest BCUT2D eigenvalue weighted by molar-refractivity contribution is 5.95. The number of benzene rings is 1. The van der Waals surface area contributed by atoms with E-state index in [0.29, 0.717) is 11.5 Å². The molecule has 1 aliphatic rings. The SMILES string of the molecule is CC(C)C[C@]1(CO)CCCN1C(=O)c1ccc(-n2cccc2)cc1. The summed E-state index contributed by atoms with van der Waals surface area (Å²) in [5, 5.41) is 10.0. The van der Waals surface area contributed by atoms with E-state index in [9.17, 15) is 9.90 Å². The van der Waals surface area contributed by atoms with E-state index in [2.05, 4.69) is 13.8 Å². The average Bonchev–Trinajstić information content (AvgIpc) is 3.24. The number of rotatable bonds is 5. The predicted molar refractivity (Wildman–Crippen MR) is 95.3 cm³/mol. The molecule has 3 rings (SSSR count). The molecule has 128 valence electrons. The van der Waals surface area contributed by atoms with Gasteiger partial charge in [0, 0.05) is 30.2 Å². The molecule has 1 aromatic carbocycles. The fourth-order valence-corrected chi connectivity index (χ4v) is 3.90. The van der Waals surface area contributed by atoms with Crippen molar-refractivity contribution in [3.05, 3.63) is 54.4 Å². The normalized spacial score (nSPS) is 20.8. The third-order valence-electron chi connectivity index (χ3n) is 4.94. The zero-order valence-electron chi connectivity index (χ0n) is 14.5. The van der Waals surface area contributed by atoms with Crippen LogP contribution in [0.2, 0.25) is 0 Å². The third kappa shape index (κ3) is 3.11. The van der Waals surface area contributed by atoms with Gasteiger partial charge < -0.3 is 14.6 Å². The molecule has 2 aromatic rings. The Morgan fingerprint density at radius 3 is 2.46 bits per heavy atom. The number of hydrogen-bond acceptors (Lipinski definition) is 2. The third-order valence-corrected chi connectivity index (χ3v) is 4.94. The van der Waals surface area contributed by atoms with Gasteiger partial charge in [-0.3, -0.25) is 4.79 Å². The Morgan fingerprint density at radius 1 is 1.21 bits per heavy atom. The lowest BCUT2D eigenvalue weighted by Crippen LogP contribution is -2.50. The second-order valence-corrected chi connectivity index (χ2v) is 7.18. The number of hydrogen-bond donors (Lipinski definition) is 1. The van der Waals surface area contributed by atoms with Gasteiger partial charge in [-0.15, -0.1) is 0 Å². The van der Waals surface area contributed by atoms with E-state index >= 15 is 0 Å². The number of likely N-dealkylation sites (tertiary alicyclic amines) is 1. The maximum Gasteiger partial charge on any atom is 0.254 e. The smallest absolute Gasteiger partial charge is 0.254 e. The van der Waals surface area contributed by atoms with E-state index in [4.69, 9.17) is 0 Å². The van der Waals surface area contributed by atoms with Crippen LogP contribution in [0.4, 0.5) is 0 Å². The molecule has 4 heteroatoms. The van der Waals surface area contributed by atoms with Crippen LogP contribution in [0.1, 0.15) is 43.5 Å². The van der Waals surface area contributed by atoms with Crippen LogP contribution >= 0.6 is 0 Å². The second kappa shape index (κ2) is 6.81. The highest BCUT2D eigenvalue weighted by atomic mass is 16.3. The van der Waals surface area contributed by atoms with E-state index in [0.717, 1.165) is 31.5 Å². The average molecular weight is 326 g/mol. The molecule has 1 aliphatic heterocycles. The fourth-order valence-electron chi connectivity index (χ4n) is 3.90. The van der Waals surface area contributed by atoms with Gasteiger partial charge in [-0.2, -0.15) is 0 Å². The van der Waals surface area contributed by atoms with Gasteiger partial charge in [-0.1, -0.05) is 13.8 Å². The Labute approximate surface area is 143 Å². The Balaban J connectivity index is 1.82. The van der Waals surface area contributed by atoms with Crippen molar-refractivity contribution in [2.45, 2.75) is 38.6 Å². The molecule has 1 N–H and O–H groups in total. The Morgan fingerprint density at radius 2 is 1.88 bits per heavy atom. The standard InChI is InChI=1S/C20H26N2O2/c1-16(2)14-20(15-23)10-5-13-22(20)19(24)17-6-8-18(9-7-17)21-11-3-4-12-21/h3-4,6-9,11-12,16,23H,5,10,13-15H2,1-2H3/t20-/m0/s1. The van der Waals surface area contributed by atoms with E-state index in [1.165, 1.54) is 0 Å². The Kier molecular flexibility index (Phi) is 4.76. The molecule has 1 saturated heterocycles. The lowest BCUT2D eigenvalue weighted by atomic mass is 9.86. The second-order valence-electron chi connectivity index (χ2n) is 7.18. The highest BCUT2D eigenvalue weighted by Crippen LogP contribution is 2.36. The van der Waals surface area contributed by atoms with E-state index in [1.54, 1.807) is 0 Å². The highest BCUT2D eigenvalue weighted by Gasteiger charge is 2.43. The van der Waals surface area contributed by atoms with Crippen molar-refractivity contribution in [3.8, 4) is 5.69 Å². The topological polar surface area (TPSA) is 45.5 Å². The largest absolute Gasteiger partial charge is 0.394 e. The molecule has 24 heavy (non-hydrogen) atoms. The Hall–Kier alpha value is -2.07. The summed E-state index contributed by atoms with van der Waals surface area (Å²) < 4.78 is 2.01. The summed E-state index contributed by atoms with van der Waals surface area (Å²) >= 11 is 0. The first-order valence-electron chi connectivity index (χ1n) is 8.72.